The second kappa shape index (κ2) is 9.62. The molecule has 2 aromatic heterocycles. The van der Waals surface area contributed by atoms with Crippen LogP contribution < -0.4 is 10.9 Å². The molecule has 1 aliphatic rings. The van der Waals surface area contributed by atoms with Crippen LogP contribution in [0.15, 0.2) is 35.1 Å². The number of fused-ring (bicyclic) bond motifs is 1. The summed E-state index contributed by atoms with van der Waals surface area (Å²) < 4.78 is 8.35. The van der Waals surface area contributed by atoms with Crippen LogP contribution in [0.2, 0.25) is 0 Å². The molecular formula is C23H30N6O3. The van der Waals surface area contributed by atoms with E-state index in [0.29, 0.717) is 17.8 Å². The topological polar surface area (TPSA) is 94.3 Å². The molecule has 1 saturated heterocycles. The minimum Gasteiger partial charge on any atom is -0.379 e. The molecule has 0 unspecified atom stereocenters. The van der Waals surface area contributed by atoms with Gasteiger partial charge in [0.25, 0.3) is 5.56 Å². The molecule has 3 aromatic rings. The van der Waals surface area contributed by atoms with Gasteiger partial charge in [-0.05, 0) is 45.9 Å². The monoisotopic (exact) mass is 438 g/mol. The molecule has 1 N–H and O–H groups in total. The fourth-order valence-electron chi connectivity index (χ4n) is 4.13. The molecule has 3 heterocycles. The largest absolute Gasteiger partial charge is 0.379 e. The van der Waals surface area contributed by atoms with Crippen molar-refractivity contribution in [2.24, 2.45) is 0 Å². The Labute approximate surface area is 187 Å². The normalized spacial score (nSPS) is 15.7. The number of nitrogens with zero attached hydrogens (tertiary/aromatic N) is 5. The molecule has 1 aromatic carbocycles. The van der Waals surface area contributed by atoms with Crippen LogP contribution >= 0.6 is 0 Å². The molecule has 170 valence electrons. The Hall–Kier alpha value is -3.04. The van der Waals surface area contributed by atoms with Crippen LogP contribution in [0.4, 0.5) is 0 Å². The van der Waals surface area contributed by atoms with Crippen molar-refractivity contribution < 1.29 is 9.53 Å². The van der Waals surface area contributed by atoms with Crippen molar-refractivity contribution in [2.45, 2.75) is 33.2 Å². The van der Waals surface area contributed by atoms with Crippen LogP contribution in [0.1, 0.15) is 30.8 Å². The third-order valence-electron chi connectivity index (χ3n) is 5.95. The van der Waals surface area contributed by atoms with Crippen molar-refractivity contribution in [3.63, 3.8) is 0 Å². The van der Waals surface area contributed by atoms with Crippen molar-refractivity contribution in [3.8, 4) is 5.69 Å². The van der Waals surface area contributed by atoms with Crippen LogP contribution in [0, 0.1) is 13.8 Å². The van der Waals surface area contributed by atoms with E-state index < -0.39 is 6.04 Å². The van der Waals surface area contributed by atoms with E-state index in [1.807, 2.05) is 44.2 Å². The molecule has 1 fully saturated rings. The summed E-state index contributed by atoms with van der Waals surface area (Å²) in [6.07, 6.45) is 0.847. The second-order valence-corrected chi connectivity index (χ2v) is 8.17. The first-order valence-electron chi connectivity index (χ1n) is 11.1. The molecule has 0 radical (unpaired) electrons. The summed E-state index contributed by atoms with van der Waals surface area (Å²) in [6, 6.07) is 8.94. The summed E-state index contributed by atoms with van der Waals surface area (Å²) in [5.41, 5.74) is 2.36. The summed E-state index contributed by atoms with van der Waals surface area (Å²) in [6.45, 7) is 10.3. The molecule has 4 rings (SSSR count). The molecule has 9 heteroatoms. The van der Waals surface area contributed by atoms with Crippen molar-refractivity contribution in [1.82, 2.24) is 29.8 Å². The lowest BCUT2D eigenvalue weighted by atomic mass is 10.2. The number of carbonyl (C=O) groups excluding carboxylic acids is 1. The van der Waals surface area contributed by atoms with Gasteiger partial charge in [0.1, 0.15) is 6.04 Å². The van der Waals surface area contributed by atoms with Gasteiger partial charge in [-0.1, -0.05) is 18.2 Å². The lowest BCUT2D eigenvalue weighted by Gasteiger charge is -2.26. The second-order valence-electron chi connectivity index (χ2n) is 8.17. The number of carbonyl (C=O) groups is 1. The minimum atomic E-state index is -0.726. The first-order chi connectivity index (χ1) is 15.5. The maximum absolute atomic E-state index is 13.2. The summed E-state index contributed by atoms with van der Waals surface area (Å²) in [4.78, 5) is 28.2. The van der Waals surface area contributed by atoms with Gasteiger partial charge in [-0.2, -0.15) is 10.2 Å². The third kappa shape index (κ3) is 4.44. The summed E-state index contributed by atoms with van der Waals surface area (Å²) in [5.74, 6) is -0.223. The standard InChI is InChI=1S/C23H30N6O3/c1-16-20-17(2)28(19-8-5-4-6-9-19)26-21(20)23(31)29(25-16)18(3)22(30)24-10-7-11-27-12-14-32-15-13-27/h4-6,8-9,18H,7,10-15H2,1-3H3,(H,24,30)/t18-/m0/s1. The molecule has 0 aliphatic carbocycles. The zero-order chi connectivity index (χ0) is 22.7. The molecule has 1 amide bonds. The van der Waals surface area contributed by atoms with E-state index in [4.69, 9.17) is 4.74 Å². The van der Waals surface area contributed by atoms with Gasteiger partial charge in [0.15, 0.2) is 5.52 Å². The predicted molar refractivity (Wildman–Crippen MR) is 122 cm³/mol. The van der Waals surface area contributed by atoms with Crippen molar-refractivity contribution >= 4 is 16.8 Å². The van der Waals surface area contributed by atoms with Crippen LogP contribution in [0.3, 0.4) is 0 Å². The molecule has 0 bridgehead atoms. The van der Waals surface area contributed by atoms with Crippen LogP contribution in [0.25, 0.3) is 16.6 Å². The third-order valence-corrected chi connectivity index (χ3v) is 5.95. The van der Waals surface area contributed by atoms with Gasteiger partial charge in [-0.3, -0.25) is 14.5 Å². The highest BCUT2D eigenvalue weighted by Gasteiger charge is 2.23. The predicted octanol–water partition coefficient (Wildman–Crippen LogP) is 1.60. The number of amides is 1. The van der Waals surface area contributed by atoms with E-state index in [1.54, 1.807) is 11.6 Å². The number of morpholine rings is 1. The molecule has 9 nitrogen and oxygen atoms in total. The first-order valence-corrected chi connectivity index (χ1v) is 11.1. The number of aryl methyl sites for hydroxylation is 2. The van der Waals surface area contributed by atoms with Gasteiger partial charge in [0.05, 0.1) is 35.7 Å². The molecule has 1 aliphatic heterocycles. The number of aromatic nitrogens is 4. The SMILES string of the molecule is Cc1nn([C@@H](C)C(=O)NCCCN2CCOCC2)c(=O)c2nn(-c3ccccc3)c(C)c12. The maximum Gasteiger partial charge on any atom is 0.295 e. The number of nitrogens with one attached hydrogen (secondary N) is 1. The average Bonchev–Trinajstić information content (AvgIpc) is 3.18. The van der Waals surface area contributed by atoms with E-state index in [0.717, 1.165) is 56.0 Å². The van der Waals surface area contributed by atoms with Gasteiger partial charge in [0, 0.05) is 19.6 Å². The highest BCUT2D eigenvalue weighted by Crippen LogP contribution is 2.21. The molecule has 0 spiro atoms. The van der Waals surface area contributed by atoms with Gasteiger partial charge in [-0.25, -0.2) is 9.36 Å². The number of rotatable bonds is 7. The first kappa shape index (κ1) is 22.2. The van der Waals surface area contributed by atoms with E-state index in [1.165, 1.54) is 4.68 Å². The van der Waals surface area contributed by atoms with Gasteiger partial charge >= 0.3 is 0 Å². The Morgan fingerprint density at radius 1 is 1.16 bits per heavy atom. The number of hydrogen-bond acceptors (Lipinski definition) is 6. The highest BCUT2D eigenvalue weighted by molar-refractivity contribution is 5.84. The summed E-state index contributed by atoms with van der Waals surface area (Å²) >= 11 is 0. The van der Waals surface area contributed by atoms with E-state index in [2.05, 4.69) is 20.4 Å². The van der Waals surface area contributed by atoms with Crippen LogP contribution in [-0.2, 0) is 9.53 Å². The lowest BCUT2D eigenvalue weighted by molar-refractivity contribution is -0.124. The fourth-order valence-corrected chi connectivity index (χ4v) is 4.13. The smallest absolute Gasteiger partial charge is 0.295 e. The number of para-hydroxylation sites is 1. The van der Waals surface area contributed by atoms with E-state index >= 15 is 0 Å². The number of hydrogen-bond donors (Lipinski definition) is 1. The Bertz CT molecular complexity index is 1150. The van der Waals surface area contributed by atoms with Crippen molar-refractivity contribution in [1.29, 1.82) is 0 Å². The quantitative estimate of drug-likeness (QED) is 0.563. The zero-order valence-corrected chi connectivity index (χ0v) is 18.9. The molecule has 1 atom stereocenters. The zero-order valence-electron chi connectivity index (χ0n) is 18.9. The summed E-state index contributed by atoms with van der Waals surface area (Å²) in [7, 11) is 0. The molecular weight excluding hydrogens is 408 g/mol. The van der Waals surface area contributed by atoms with Gasteiger partial charge in [0.2, 0.25) is 5.91 Å². The van der Waals surface area contributed by atoms with Gasteiger partial charge in [-0.15, -0.1) is 0 Å². The lowest BCUT2D eigenvalue weighted by Crippen LogP contribution is -2.40. The minimum absolute atomic E-state index is 0.223. The van der Waals surface area contributed by atoms with Crippen LogP contribution in [-0.4, -0.2) is 69.8 Å². The van der Waals surface area contributed by atoms with E-state index in [9.17, 15) is 9.59 Å². The number of ether oxygens (including phenoxy) is 1. The van der Waals surface area contributed by atoms with E-state index in [-0.39, 0.29) is 11.5 Å². The summed E-state index contributed by atoms with van der Waals surface area (Å²) in [5, 5.41) is 12.7. The Kier molecular flexibility index (Phi) is 6.66. The maximum atomic E-state index is 13.2. The fraction of sp³-hybridized carbons (Fsp3) is 0.478. The Morgan fingerprint density at radius 3 is 2.59 bits per heavy atom. The molecule has 0 saturated carbocycles. The number of benzene rings is 1. The van der Waals surface area contributed by atoms with Crippen molar-refractivity contribution in [3.05, 3.63) is 52.1 Å². The van der Waals surface area contributed by atoms with Crippen molar-refractivity contribution in [2.75, 3.05) is 39.4 Å². The molecule has 32 heavy (non-hydrogen) atoms. The Balaban J connectivity index is 1.50. The highest BCUT2D eigenvalue weighted by atomic mass is 16.5. The Morgan fingerprint density at radius 2 is 1.88 bits per heavy atom. The van der Waals surface area contributed by atoms with Crippen LogP contribution in [0.5, 0.6) is 0 Å². The van der Waals surface area contributed by atoms with Gasteiger partial charge < -0.3 is 10.1 Å². The average molecular weight is 439 g/mol.